The van der Waals surface area contributed by atoms with E-state index in [1.54, 1.807) is 0 Å². The van der Waals surface area contributed by atoms with Crippen LogP contribution in [0.1, 0.15) is 11.1 Å². The lowest BCUT2D eigenvalue weighted by Gasteiger charge is -1.99. The second-order valence-corrected chi connectivity index (χ2v) is 3.23. The third-order valence-electron chi connectivity index (χ3n) is 2.18. The molecule has 0 amide bonds. The average molecular weight is 161 g/mol. The third kappa shape index (κ3) is 1.86. The van der Waals surface area contributed by atoms with Gasteiger partial charge in [-0.15, -0.1) is 0 Å². The standard InChI is InChI=1S/C11H13O/c1-2-9-3-5-10(6-4-9)7-11-8-12-11/h3-6,11H,1-2,7-8H2. The van der Waals surface area contributed by atoms with Crippen LogP contribution >= 0.6 is 0 Å². The molecular formula is C11H13O. The van der Waals surface area contributed by atoms with Crippen molar-refractivity contribution in [1.82, 2.24) is 0 Å². The lowest BCUT2D eigenvalue weighted by atomic mass is 10.1. The summed E-state index contributed by atoms with van der Waals surface area (Å²) in [7, 11) is 0. The zero-order valence-corrected chi connectivity index (χ0v) is 7.12. The van der Waals surface area contributed by atoms with Gasteiger partial charge in [0.05, 0.1) is 12.7 Å². The van der Waals surface area contributed by atoms with E-state index in [4.69, 9.17) is 4.74 Å². The maximum atomic E-state index is 5.16. The molecule has 1 aliphatic rings. The van der Waals surface area contributed by atoms with Crippen molar-refractivity contribution < 1.29 is 4.74 Å². The van der Waals surface area contributed by atoms with Gasteiger partial charge in [0, 0.05) is 6.42 Å². The number of hydrogen-bond donors (Lipinski definition) is 0. The van der Waals surface area contributed by atoms with Crippen molar-refractivity contribution in [3.8, 4) is 0 Å². The van der Waals surface area contributed by atoms with Crippen molar-refractivity contribution in [3.05, 3.63) is 42.3 Å². The third-order valence-corrected chi connectivity index (χ3v) is 2.18. The van der Waals surface area contributed by atoms with Crippen molar-refractivity contribution >= 4 is 0 Å². The van der Waals surface area contributed by atoms with Crippen molar-refractivity contribution in [2.45, 2.75) is 18.9 Å². The second-order valence-electron chi connectivity index (χ2n) is 3.23. The van der Waals surface area contributed by atoms with Gasteiger partial charge in [-0.3, -0.25) is 0 Å². The Kier molecular flexibility index (Phi) is 2.13. The van der Waals surface area contributed by atoms with E-state index in [-0.39, 0.29) is 0 Å². The van der Waals surface area contributed by atoms with Gasteiger partial charge in [-0.1, -0.05) is 24.3 Å². The van der Waals surface area contributed by atoms with Crippen LogP contribution in [0.25, 0.3) is 0 Å². The summed E-state index contributed by atoms with van der Waals surface area (Å²) >= 11 is 0. The first-order chi connectivity index (χ1) is 5.88. The van der Waals surface area contributed by atoms with Gasteiger partial charge < -0.3 is 4.74 Å². The van der Waals surface area contributed by atoms with Gasteiger partial charge in [-0.25, -0.2) is 0 Å². The zero-order chi connectivity index (χ0) is 8.39. The predicted molar refractivity (Wildman–Crippen MR) is 48.9 cm³/mol. The Bertz CT molecular complexity index is 246. The van der Waals surface area contributed by atoms with Gasteiger partial charge in [0.15, 0.2) is 0 Å². The maximum Gasteiger partial charge on any atom is 0.0850 e. The van der Waals surface area contributed by atoms with E-state index in [0.717, 1.165) is 19.4 Å². The van der Waals surface area contributed by atoms with Crippen LogP contribution in [0.2, 0.25) is 0 Å². The lowest BCUT2D eigenvalue weighted by Crippen LogP contribution is -1.92. The molecule has 1 heterocycles. The molecule has 0 N–H and O–H groups in total. The van der Waals surface area contributed by atoms with Crippen molar-refractivity contribution in [2.75, 3.05) is 6.61 Å². The first-order valence-electron chi connectivity index (χ1n) is 4.37. The summed E-state index contributed by atoms with van der Waals surface area (Å²) in [6.07, 6.45) is 2.44. The van der Waals surface area contributed by atoms with Crippen molar-refractivity contribution in [2.24, 2.45) is 0 Å². The van der Waals surface area contributed by atoms with Crippen molar-refractivity contribution in [1.29, 1.82) is 0 Å². The highest BCUT2D eigenvalue weighted by Crippen LogP contribution is 2.16. The average Bonchev–Trinajstić information content (AvgIpc) is 2.90. The van der Waals surface area contributed by atoms with Crippen LogP contribution in [0.3, 0.4) is 0 Å². The highest BCUT2D eigenvalue weighted by atomic mass is 16.6. The highest BCUT2D eigenvalue weighted by molar-refractivity contribution is 5.23. The van der Waals surface area contributed by atoms with E-state index in [1.807, 2.05) is 0 Å². The molecule has 63 valence electrons. The molecule has 1 atom stereocenters. The summed E-state index contributed by atoms with van der Waals surface area (Å²) in [4.78, 5) is 0. The van der Waals surface area contributed by atoms with Crippen LogP contribution in [0.4, 0.5) is 0 Å². The SMILES string of the molecule is [CH2]Cc1ccc(CC2CO2)cc1. The normalized spacial score (nSPS) is 20.9. The molecule has 0 spiro atoms. The summed E-state index contributed by atoms with van der Waals surface area (Å²) in [5, 5.41) is 0. The van der Waals surface area contributed by atoms with Crippen LogP contribution in [0, 0.1) is 6.92 Å². The summed E-state index contributed by atoms with van der Waals surface area (Å²) in [6.45, 7) is 4.78. The molecule has 1 nitrogen and oxygen atoms in total. The molecule has 0 aromatic heterocycles. The molecule has 12 heavy (non-hydrogen) atoms. The molecule has 1 heteroatoms. The van der Waals surface area contributed by atoms with Gasteiger partial charge in [0.1, 0.15) is 0 Å². The molecule has 1 aromatic rings. The van der Waals surface area contributed by atoms with Gasteiger partial charge in [0.2, 0.25) is 0 Å². The van der Waals surface area contributed by atoms with Gasteiger partial charge >= 0.3 is 0 Å². The predicted octanol–water partition coefficient (Wildman–Crippen LogP) is 2.00. The fourth-order valence-corrected chi connectivity index (χ4v) is 1.29. The molecule has 1 aromatic carbocycles. The summed E-state index contributed by atoms with van der Waals surface area (Å²) in [5.74, 6) is 0. The van der Waals surface area contributed by atoms with Crippen LogP contribution < -0.4 is 0 Å². The van der Waals surface area contributed by atoms with E-state index < -0.39 is 0 Å². The number of rotatable bonds is 3. The maximum absolute atomic E-state index is 5.16. The topological polar surface area (TPSA) is 12.5 Å². The monoisotopic (exact) mass is 161 g/mol. The van der Waals surface area contributed by atoms with Crippen molar-refractivity contribution in [3.63, 3.8) is 0 Å². The Morgan fingerprint density at radius 1 is 1.25 bits per heavy atom. The molecule has 1 radical (unpaired) electrons. The molecule has 2 rings (SSSR count). The van der Waals surface area contributed by atoms with Gasteiger partial charge in [-0.2, -0.15) is 0 Å². The molecule has 0 bridgehead atoms. The minimum atomic E-state index is 0.496. The Hall–Kier alpha value is -0.820. The second kappa shape index (κ2) is 3.28. The largest absolute Gasteiger partial charge is 0.373 e. The van der Waals surface area contributed by atoms with Crippen LogP contribution in [0.15, 0.2) is 24.3 Å². The van der Waals surface area contributed by atoms with Crippen LogP contribution in [-0.4, -0.2) is 12.7 Å². The van der Waals surface area contributed by atoms with E-state index >= 15 is 0 Å². The van der Waals surface area contributed by atoms with Gasteiger partial charge in [0.25, 0.3) is 0 Å². The summed E-state index contributed by atoms with van der Waals surface area (Å²) in [5.41, 5.74) is 2.67. The Morgan fingerprint density at radius 2 is 1.83 bits per heavy atom. The Balaban J connectivity index is 2.02. The summed E-state index contributed by atoms with van der Waals surface area (Å²) < 4.78 is 5.16. The number of benzene rings is 1. The van der Waals surface area contributed by atoms with E-state index in [2.05, 4.69) is 31.2 Å². The van der Waals surface area contributed by atoms with E-state index in [9.17, 15) is 0 Å². The molecule has 1 aliphatic heterocycles. The Labute approximate surface area is 73.4 Å². The smallest absolute Gasteiger partial charge is 0.0850 e. The molecule has 0 saturated carbocycles. The molecule has 0 aliphatic carbocycles. The molecular weight excluding hydrogens is 148 g/mol. The quantitative estimate of drug-likeness (QED) is 0.618. The number of hydrogen-bond acceptors (Lipinski definition) is 1. The first kappa shape index (κ1) is 7.81. The van der Waals surface area contributed by atoms with Crippen LogP contribution in [0.5, 0.6) is 0 Å². The highest BCUT2D eigenvalue weighted by Gasteiger charge is 2.22. The first-order valence-corrected chi connectivity index (χ1v) is 4.37. The number of epoxide rings is 1. The summed E-state index contributed by atoms with van der Waals surface area (Å²) in [6, 6.07) is 8.62. The minimum absolute atomic E-state index is 0.496. The van der Waals surface area contributed by atoms with E-state index in [0.29, 0.717) is 6.10 Å². The number of ether oxygens (including phenoxy) is 1. The van der Waals surface area contributed by atoms with Gasteiger partial charge in [-0.05, 0) is 24.5 Å². The molecule has 1 fully saturated rings. The molecule has 1 unspecified atom stereocenters. The zero-order valence-electron chi connectivity index (χ0n) is 7.12. The fourth-order valence-electron chi connectivity index (χ4n) is 1.29. The Morgan fingerprint density at radius 3 is 2.33 bits per heavy atom. The fraction of sp³-hybridized carbons (Fsp3) is 0.364. The molecule has 1 saturated heterocycles. The van der Waals surface area contributed by atoms with E-state index in [1.165, 1.54) is 11.1 Å². The minimum Gasteiger partial charge on any atom is -0.373 e. The van der Waals surface area contributed by atoms with Crippen LogP contribution in [-0.2, 0) is 17.6 Å². The lowest BCUT2D eigenvalue weighted by molar-refractivity contribution is 0.407.